The average Bonchev–Trinajstić information content (AvgIpc) is 3.28. The van der Waals surface area contributed by atoms with Crippen LogP contribution in [0, 0.1) is 11.8 Å². The van der Waals surface area contributed by atoms with E-state index in [0.717, 1.165) is 46.2 Å². The maximum Gasteiger partial charge on any atom is 0.419 e. The molecule has 190 valence electrons. The number of ether oxygens (including phenoxy) is 1. The van der Waals surface area contributed by atoms with Crippen molar-refractivity contribution in [3.8, 4) is 5.75 Å². The third-order valence-corrected chi connectivity index (χ3v) is 8.61. The molecule has 0 saturated carbocycles. The Morgan fingerprint density at radius 2 is 1.72 bits per heavy atom. The van der Waals surface area contributed by atoms with Crippen LogP contribution in [0.5, 0.6) is 5.75 Å². The van der Waals surface area contributed by atoms with E-state index in [4.69, 9.17) is 4.74 Å². The van der Waals surface area contributed by atoms with Crippen LogP contribution in [0.25, 0.3) is 10.1 Å². The lowest BCUT2D eigenvalue weighted by molar-refractivity contribution is -0.138. The number of piperidine rings is 3. The number of carbonyl (C=O) groups excluding carboxylic acids is 2. The normalized spacial score (nSPS) is 21.6. The molecule has 1 aromatic heterocycles. The Hall–Kier alpha value is -2.71. The maximum atomic E-state index is 13.3. The summed E-state index contributed by atoms with van der Waals surface area (Å²) in [6, 6.07) is 11.3. The van der Waals surface area contributed by atoms with E-state index in [0.29, 0.717) is 23.8 Å². The van der Waals surface area contributed by atoms with Gasteiger partial charge >= 0.3 is 6.18 Å². The quantitative estimate of drug-likeness (QED) is 0.335. The van der Waals surface area contributed by atoms with E-state index in [2.05, 4.69) is 4.90 Å². The van der Waals surface area contributed by atoms with Crippen molar-refractivity contribution in [1.82, 2.24) is 4.90 Å². The molecule has 3 fully saturated rings. The van der Waals surface area contributed by atoms with Crippen molar-refractivity contribution in [2.45, 2.75) is 38.3 Å². The van der Waals surface area contributed by atoms with Crippen LogP contribution in [-0.2, 0) is 23.8 Å². The summed E-state index contributed by atoms with van der Waals surface area (Å²) < 4.78 is 45.6. The minimum absolute atomic E-state index is 0.0984. The van der Waals surface area contributed by atoms with Gasteiger partial charge < -0.3 is 9.64 Å². The topological polar surface area (TPSA) is 46.6 Å². The summed E-state index contributed by atoms with van der Waals surface area (Å²) in [5.41, 5.74) is 0.201. The van der Waals surface area contributed by atoms with Crippen molar-refractivity contribution in [3.05, 3.63) is 64.0 Å². The molecule has 2 bridgehead atoms. The zero-order chi connectivity index (χ0) is 25.4. The highest BCUT2D eigenvalue weighted by Gasteiger charge is 2.36. The lowest BCUT2D eigenvalue weighted by Gasteiger charge is -2.44. The Morgan fingerprint density at radius 1 is 1.03 bits per heavy atom. The van der Waals surface area contributed by atoms with Gasteiger partial charge in [-0.05, 0) is 78.5 Å². The highest BCUT2D eigenvalue weighted by molar-refractivity contribution is 7.20. The van der Waals surface area contributed by atoms with Crippen LogP contribution in [0.1, 0.15) is 45.6 Å². The molecule has 6 rings (SSSR count). The highest BCUT2D eigenvalue weighted by Crippen LogP contribution is 2.38. The number of ketones is 2. The number of fused-ring (bicyclic) bond motifs is 4. The number of thiophene rings is 1. The number of Topliss-reactive ketones (excluding diaryl/α,β-unsaturated/α-hetero) is 2. The number of hydrogen-bond donors (Lipinski definition) is 0. The zero-order valence-electron chi connectivity index (χ0n) is 20.1. The molecule has 4 heterocycles. The van der Waals surface area contributed by atoms with Crippen LogP contribution in [-0.4, -0.2) is 43.2 Å². The number of rotatable bonds is 8. The van der Waals surface area contributed by atoms with Crippen LogP contribution in [0.4, 0.5) is 13.2 Å². The second-order valence-electron chi connectivity index (χ2n) is 9.93. The molecule has 4 nitrogen and oxygen atoms in total. The van der Waals surface area contributed by atoms with Crippen molar-refractivity contribution in [2.24, 2.45) is 11.8 Å². The Bertz CT molecular complexity index is 1290. The molecule has 8 heteroatoms. The second kappa shape index (κ2) is 9.98. The van der Waals surface area contributed by atoms with E-state index in [1.54, 1.807) is 0 Å². The van der Waals surface area contributed by atoms with E-state index in [1.807, 2.05) is 24.3 Å². The summed E-state index contributed by atoms with van der Waals surface area (Å²) in [7, 11) is 1.19. The van der Waals surface area contributed by atoms with Gasteiger partial charge in [-0.25, -0.2) is 0 Å². The molecule has 0 radical (unpaired) electrons. The first-order valence-corrected chi connectivity index (χ1v) is 13.0. The van der Waals surface area contributed by atoms with Crippen LogP contribution in [0.3, 0.4) is 0 Å². The predicted molar refractivity (Wildman–Crippen MR) is 134 cm³/mol. The first-order chi connectivity index (χ1) is 17.2. The van der Waals surface area contributed by atoms with E-state index in [-0.39, 0.29) is 30.2 Å². The smallest absolute Gasteiger partial charge is 0.419 e. The molecule has 1 atom stereocenters. The third-order valence-electron chi connectivity index (χ3n) is 7.47. The summed E-state index contributed by atoms with van der Waals surface area (Å²) >= 11 is 1.45. The van der Waals surface area contributed by atoms with Crippen LogP contribution in [0.2, 0.25) is 0 Å². The maximum absolute atomic E-state index is 13.3. The SMILES string of the molecule is COc1ccc(CC(=O)Cc2ccc3cc(C(=O)C[C@H]4CN5CCC4CC5)sc3c2)cc1C(F)(F)F. The summed E-state index contributed by atoms with van der Waals surface area (Å²) in [6.45, 7) is 3.33. The van der Waals surface area contributed by atoms with Crippen LogP contribution in [0.15, 0.2) is 42.5 Å². The van der Waals surface area contributed by atoms with Gasteiger partial charge in [-0.15, -0.1) is 11.3 Å². The lowest BCUT2D eigenvalue weighted by Crippen LogP contribution is -2.47. The van der Waals surface area contributed by atoms with E-state index in [9.17, 15) is 22.8 Å². The van der Waals surface area contributed by atoms with Gasteiger partial charge in [0.05, 0.1) is 17.6 Å². The van der Waals surface area contributed by atoms with Crippen molar-refractivity contribution >= 4 is 33.0 Å². The molecule has 36 heavy (non-hydrogen) atoms. The van der Waals surface area contributed by atoms with Crippen molar-refractivity contribution in [1.29, 1.82) is 0 Å². The molecule has 3 saturated heterocycles. The van der Waals surface area contributed by atoms with Crippen molar-refractivity contribution in [2.75, 3.05) is 26.7 Å². The van der Waals surface area contributed by atoms with Gasteiger partial charge in [-0.2, -0.15) is 13.2 Å². The van der Waals surface area contributed by atoms with Crippen LogP contribution >= 0.6 is 11.3 Å². The molecule has 3 aliphatic heterocycles. The van der Waals surface area contributed by atoms with Gasteiger partial charge in [-0.3, -0.25) is 9.59 Å². The lowest BCUT2D eigenvalue weighted by atomic mass is 9.76. The summed E-state index contributed by atoms with van der Waals surface area (Å²) in [5.74, 6) is 0.842. The Morgan fingerprint density at radius 3 is 2.36 bits per heavy atom. The molecule has 3 aliphatic rings. The average molecular weight is 516 g/mol. The second-order valence-corrected chi connectivity index (χ2v) is 11.0. The van der Waals surface area contributed by atoms with Crippen molar-refractivity contribution in [3.63, 3.8) is 0 Å². The molecule has 0 spiro atoms. The number of alkyl halides is 3. The fraction of sp³-hybridized carbons (Fsp3) is 0.429. The standard InChI is InChI=1S/C28H28F3NO3S/c1-35-25-5-3-17(12-23(25)28(29,30)31)10-22(33)11-18-2-4-20-15-27(36-26(20)13-18)24(34)14-21-16-32-8-6-19(21)7-9-32/h2-5,12-13,15,19,21H,6-11,14,16H2,1H3/t21-/m0/s1. The Labute approximate surface area is 212 Å². The first-order valence-electron chi connectivity index (χ1n) is 12.2. The molecular formula is C28H28F3NO3S. The molecule has 0 N–H and O–H groups in total. The van der Waals surface area contributed by atoms with Gasteiger partial charge in [0.15, 0.2) is 5.78 Å². The Balaban J connectivity index is 1.25. The molecule has 0 aliphatic carbocycles. The van der Waals surface area contributed by atoms with Gasteiger partial charge in [0.1, 0.15) is 11.5 Å². The van der Waals surface area contributed by atoms with Gasteiger partial charge in [0.2, 0.25) is 0 Å². The molecule has 0 unspecified atom stereocenters. The first kappa shape index (κ1) is 25.0. The van der Waals surface area contributed by atoms with Crippen LogP contribution < -0.4 is 4.74 Å². The number of methoxy groups -OCH3 is 1. The predicted octanol–water partition coefficient (Wildman–Crippen LogP) is 6.20. The van der Waals surface area contributed by atoms with Crippen molar-refractivity contribution < 1.29 is 27.5 Å². The van der Waals surface area contributed by atoms with E-state index >= 15 is 0 Å². The molecule has 3 aromatic rings. The van der Waals surface area contributed by atoms with Gasteiger partial charge in [0, 0.05) is 30.5 Å². The number of halogens is 3. The van der Waals surface area contributed by atoms with Gasteiger partial charge in [0.25, 0.3) is 0 Å². The third kappa shape index (κ3) is 5.34. The zero-order valence-corrected chi connectivity index (χ0v) is 20.9. The molecule has 0 amide bonds. The number of carbonyl (C=O) groups is 2. The largest absolute Gasteiger partial charge is 0.496 e. The number of benzene rings is 2. The fourth-order valence-electron chi connectivity index (χ4n) is 5.58. The molecular weight excluding hydrogens is 487 g/mol. The summed E-state index contributed by atoms with van der Waals surface area (Å²) in [4.78, 5) is 28.9. The van der Waals surface area contributed by atoms with E-state index < -0.39 is 11.7 Å². The van der Waals surface area contributed by atoms with E-state index in [1.165, 1.54) is 43.4 Å². The number of hydrogen-bond acceptors (Lipinski definition) is 5. The minimum Gasteiger partial charge on any atom is -0.496 e. The molecule has 2 aromatic carbocycles. The Kier molecular flexibility index (Phi) is 6.92. The summed E-state index contributed by atoms with van der Waals surface area (Å²) in [5, 5.41) is 0.971. The van der Waals surface area contributed by atoms with Gasteiger partial charge in [-0.1, -0.05) is 18.2 Å². The summed E-state index contributed by atoms with van der Waals surface area (Å²) in [6.07, 6.45) is -1.58. The monoisotopic (exact) mass is 515 g/mol. The highest BCUT2D eigenvalue weighted by atomic mass is 32.1. The number of nitrogens with zero attached hydrogens (tertiary/aromatic N) is 1. The minimum atomic E-state index is -4.56. The fourth-order valence-corrected chi connectivity index (χ4v) is 6.66.